The highest BCUT2D eigenvalue weighted by Crippen LogP contribution is 2.26. The lowest BCUT2D eigenvalue weighted by molar-refractivity contribution is 0.101. The predicted octanol–water partition coefficient (Wildman–Crippen LogP) is 1.63. The molecule has 2 aliphatic rings. The fourth-order valence-corrected chi connectivity index (χ4v) is 3.61. The molecule has 0 bridgehead atoms. The lowest BCUT2D eigenvalue weighted by atomic mass is 10.1. The molecular weight excluding hydrogens is 342 g/mol. The molecule has 1 aromatic rings. The second-order valence-electron chi connectivity index (χ2n) is 6.04. The van der Waals surface area contributed by atoms with Gasteiger partial charge in [0, 0.05) is 24.3 Å². The number of allylic oxidation sites excluding steroid dienone is 1. The van der Waals surface area contributed by atoms with Crippen LogP contribution in [0.3, 0.4) is 0 Å². The summed E-state index contributed by atoms with van der Waals surface area (Å²) in [6, 6.07) is 6.59. The molecule has 0 radical (unpaired) electrons. The summed E-state index contributed by atoms with van der Waals surface area (Å²) in [5.41, 5.74) is 1.33. The Morgan fingerprint density at radius 1 is 1.20 bits per heavy atom. The SMILES string of the molecule is CC(=O)c1ccc(N2CCN(C3C=CC(S(N)(=O)=O)=CC3)C2=O)cc1. The number of urea groups is 1. The van der Waals surface area contributed by atoms with E-state index in [1.54, 1.807) is 40.1 Å². The molecule has 1 heterocycles. The number of ketones is 1. The minimum Gasteiger partial charge on any atom is -0.316 e. The van der Waals surface area contributed by atoms with Crippen LogP contribution in [-0.2, 0) is 10.0 Å². The first-order valence-corrected chi connectivity index (χ1v) is 9.42. The molecule has 1 saturated heterocycles. The molecule has 1 atom stereocenters. The van der Waals surface area contributed by atoms with Gasteiger partial charge >= 0.3 is 6.03 Å². The Labute approximate surface area is 146 Å². The molecule has 1 aliphatic carbocycles. The second kappa shape index (κ2) is 6.45. The van der Waals surface area contributed by atoms with Gasteiger partial charge in [0.15, 0.2) is 5.78 Å². The average Bonchev–Trinajstić information content (AvgIpc) is 2.96. The first kappa shape index (κ1) is 17.4. The molecule has 2 amide bonds. The third-order valence-corrected chi connectivity index (χ3v) is 5.36. The number of nitrogens with zero attached hydrogens (tertiary/aromatic N) is 2. The fourth-order valence-electron chi connectivity index (χ4n) is 3.01. The minimum absolute atomic E-state index is 0.0225. The molecule has 1 aliphatic heterocycles. The van der Waals surface area contributed by atoms with Gasteiger partial charge in [-0.25, -0.2) is 18.4 Å². The van der Waals surface area contributed by atoms with Gasteiger partial charge in [0.2, 0.25) is 10.0 Å². The van der Waals surface area contributed by atoms with Crippen LogP contribution in [-0.4, -0.2) is 44.3 Å². The summed E-state index contributed by atoms with van der Waals surface area (Å²) >= 11 is 0. The number of Topliss-reactive ketones (excluding diaryl/α,β-unsaturated/α-hetero) is 1. The standard InChI is InChI=1S/C17H19N3O4S/c1-12(21)13-2-4-14(5-3-13)19-10-11-20(17(19)22)15-6-8-16(9-7-15)25(18,23)24/h2-6,8-9,15H,7,10-11H2,1H3,(H2,18,23,24). The number of nitrogens with two attached hydrogens (primary N) is 1. The third-order valence-electron chi connectivity index (χ3n) is 4.40. The summed E-state index contributed by atoms with van der Waals surface area (Å²) in [6.45, 7) is 2.58. The molecule has 1 aromatic carbocycles. The monoisotopic (exact) mass is 361 g/mol. The van der Waals surface area contributed by atoms with E-state index < -0.39 is 10.0 Å². The zero-order chi connectivity index (χ0) is 18.2. The van der Waals surface area contributed by atoms with Gasteiger partial charge in [-0.1, -0.05) is 12.2 Å². The van der Waals surface area contributed by atoms with Crippen LogP contribution < -0.4 is 10.0 Å². The minimum atomic E-state index is -3.72. The third kappa shape index (κ3) is 3.49. The lowest BCUT2D eigenvalue weighted by Gasteiger charge is -2.26. The largest absolute Gasteiger partial charge is 0.325 e. The number of rotatable bonds is 4. The van der Waals surface area contributed by atoms with Crippen LogP contribution in [0.5, 0.6) is 0 Å². The van der Waals surface area contributed by atoms with Crippen molar-refractivity contribution < 1.29 is 18.0 Å². The summed E-state index contributed by atoms with van der Waals surface area (Å²) in [5, 5.41) is 5.11. The number of primary sulfonamides is 1. The predicted molar refractivity (Wildman–Crippen MR) is 94.6 cm³/mol. The number of hydrogen-bond acceptors (Lipinski definition) is 4. The summed E-state index contributed by atoms with van der Waals surface area (Å²) in [7, 11) is -3.72. The molecule has 1 fully saturated rings. The number of carbonyl (C=O) groups excluding carboxylic acids is 2. The van der Waals surface area contributed by atoms with Crippen molar-refractivity contribution >= 4 is 27.5 Å². The summed E-state index contributed by atoms with van der Waals surface area (Å²) < 4.78 is 22.7. The maximum atomic E-state index is 12.7. The van der Waals surface area contributed by atoms with E-state index in [0.717, 1.165) is 5.69 Å². The smallest absolute Gasteiger partial charge is 0.316 e. The van der Waals surface area contributed by atoms with E-state index in [2.05, 4.69) is 0 Å². The number of sulfonamides is 1. The molecule has 25 heavy (non-hydrogen) atoms. The van der Waals surface area contributed by atoms with E-state index in [4.69, 9.17) is 5.14 Å². The Bertz CT molecular complexity index is 872. The van der Waals surface area contributed by atoms with Crippen molar-refractivity contribution in [2.75, 3.05) is 18.0 Å². The summed E-state index contributed by atoms with van der Waals surface area (Å²) in [4.78, 5) is 27.5. The molecule has 132 valence electrons. The molecule has 2 N–H and O–H groups in total. The number of benzene rings is 1. The Hall–Kier alpha value is -2.45. The van der Waals surface area contributed by atoms with Gasteiger partial charge in [-0.2, -0.15) is 0 Å². The molecule has 8 heteroatoms. The van der Waals surface area contributed by atoms with Gasteiger partial charge < -0.3 is 4.90 Å². The van der Waals surface area contributed by atoms with Crippen LogP contribution in [0, 0.1) is 0 Å². The van der Waals surface area contributed by atoms with Gasteiger partial charge in [-0.15, -0.1) is 0 Å². The Morgan fingerprint density at radius 3 is 2.40 bits per heavy atom. The van der Waals surface area contributed by atoms with Crippen LogP contribution in [0.15, 0.2) is 47.4 Å². The normalized spacial score (nSPS) is 20.8. The maximum Gasteiger partial charge on any atom is 0.325 e. The maximum absolute atomic E-state index is 12.7. The highest BCUT2D eigenvalue weighted by Gasteiger charge is 2.34. The van der Waals surface area contributed by atoms with Crippen LogP contribution in [0.1, 0.15) is 23.7 Å². The van der Waals surface area contributed by atoms with E-state index >= 15 is 0 Å². The number of carbonyl (C=O) groups is 2. The van der Waals surface area contributed by atoms with Gasteiger partial charge in [0.05, 0.1) is 10.9 Å². The fraction of sp³-hybridized carbons (Fsp3) is 0.294. The summed E-state index contributed by atoms with van der Waals surface area (Å²) in [5.74, 6) is -0.0225. The van der Waals surface area contributed by atoms with Gasteiger partial charge in [0.1, 0.15) is 0 Å². The molecule has 0 aromatic heterocycles. The lowest BCUT2D eigenvalue weighted by Crippen LogP contribution is -2.39. The van der Waals surface area contributed by atoms with E-state index in [0.29, 0.717) is 25.1 Å². The van der Waals surface area contributed by atoms with Crippen molar-refractivity contribution in [1.82, 2.24) is 4.90 Å². The molecule has 0 saturated carbocycles. The molecule has 1 unspecified atom stereocenters. The first-order valence-electron chi connectivity index (χ1n) is 7.87. The number of hydrogen-bond donors (Lipinski definition) is 1. The highest BCUT2D eigenvalue weighted by molar-refractivity contribution is 7.93. The Kier molecular flexibility index (Phi) is 4.49. The quantitative estimate of drug-likeness (QED) is 0.824. The average molecular weight is 361 g/mol. The number of amides is 2. The summed E-state index contributed by atoms with van der Waals surface area (Å²) in [6.07, 6.45) is 5.09. The van der Waals surface area contributed by atoms with Gasteiger partial charge in [-0.3, -0.25) is 9.69 Å². The van der Waals surface area contributed by atoms with Gasteiger partial charge in [-0.05, 0) is 43.7 Å². The number of anilines is 1. The molecule has 3 rings (SSSR count). The first-order chi connectivity index (χ1) is 11.8. The molecular formula is C17H19N3O4S. The Balaban J connectivity index is 1.72. The van der Waals surface area contributed by atoms with Crippen molar-refractivity contribution in [3.05, 3.63) is 53.0 Å². The zero-order valence-electron chi connectivity index (χ0n) is 13.8. The van der Waals surface area contributed by atoms with Crippen LogP contribution >= 0.6 is 0 Å². The van der Waals surface area contributed by atoms with Crippen molar-refractivity contribution in [1.29, 1.82) is 0 Å². The van der Waals surface area contributed by atoms with Crippen molar-refractivity contribution in [2.24, 2.45) is 5.14 Å². The topological polar surface area (TPSA) is 101 Å². The van der Waals surface area contributed by atoms with Crippen LogP contribution in [0.2, 0.25) is 0 Å². The van der Waals surface area contributed by atoms with E-state index in [-0.39, 0.29) is 22.8 Å². The molecule has 0 spiro atoms. The van der Waals surface area contributed by atoms with Crippen LogP contribution in [0.4, 0.5) is 10.5 Å². The van der Waals surface area contributed by atoms with E-state index in [1.165, 1.54) is 19.1 Å². The van der Waals surface area contributed by atoms with Crippen LogP contribution in [0.25, 0.3) is 0 Å². The zero-order valence-corrected chi connectivity index (χ0v) is 14.6. The van der Waals surface area contributed by atoms with Gasteiger partial charge in [0.25, 0.3) is 0 Å². The van der Waals surface area contributed by atoms with Crippen molar-refractivity contribution in [3.8, 4) is 0 Å². The molecule has 7 nitrogen and oxygen atoms in total. The van der Waals surface area contributed by atoms with E-state index in [1.807, 2.05) is 0 Å². The van der Waals surface area contributed by atoms with Crippen molar-refractivity contribution in [3.63, 3.8) is 0 Å². The highest BCUT2D eigenvalue weighted by atomic mass is 32.2. The van der Waals surface area contributed by atoms with E-state index in [9.17, 15) is 18.0 Å². The second-order valence-corrected chi connectivity index (χ2v) is 7.61. The Morgan fingerprint density at radius 2 is 1.88 bits per heavy atom. The van der Waals surface area contributed by atoms with Crippen molar-refractivity contribution in [2.45, 2.75) is 19.4 Å².